The van der Waals surface area contributed by atoms with Gasteiger partial charge in [-0.15, -0.1) is 23.4 Å². The lowest BCUT2D eigenvalue weighted by Gasteiger charge is -2.37. The molecule has 0 radical (unpaired) electrons. The second-order valence-corrected chi connectivity index (χ2v) is 11.6. The van der Waals surface area contributed by atoms with Gasteiger partial charge in [-0.05, 0) is 38.3 Å². The predicted molar refractivity (Wildman–Crippen MR) is 129 cm³/mol. The minimum Gasteiger partial charge on any atom is -0.481 e. The van der Waals surface area contributed by atoms with Crippen LogP contribution < -0.4 is 0 Å². The third kappa shape index (κ3) is 3.47. The van der Waals surface area contributed by atoms with Crippen LogP contribution in [-0.4, -0.2) is 88.0 Å². The number of thioether (sulfide) groups is 1. The van der Waals surface area contributed by atoms with E-state index in [0.29, 0.717) is 24.8 Å². The number of hydrogen-bond donors (Lipinski definition) is 2. The zero-order valence-electron chi connectivity index (χ0n) is 19.5. The number of amides is 2. The first-order valence-electron chi connectivity index (χ1n) is 11.8. The van der Waals surface area contributed by atoms with Crippen molar-refractivity contribution >= 4 is 40.6 Å². The van der Waals surface area contributed by atoms with Gasteiger partial charge in [0.15, 0.2) is 0 Å². The topological polar surface area (TPSA) is 129 Å². The largest absolute Gasteiger partial charge is 0.481 e. The summed E-state index contributed by atoms with van der Waals surface area (Å²) < 4.78 is 0.228. The molecule has 0 saturated carbocycles. The highest BCUT2D eigenvalue weighted by Crippen LogP contribution is 2.71. The number of carbonyl (C=O) groups is 3. The summed E-state index contributed by atoms with van der Waals surface area (Å²) in [5.41, 5.74) is 1.49. The van der Waals surface area contributed by atoms with Crippen molar-refractivity contribution in [2.45, 2.75) is 48.4 Å². The van der Waals surface area contributed by atoms with Gasteiger partial charge in [-0.2, -0.15) is 0 Å². The third-order valence-electron chi connectivity index (χ3n) is 7.72. The van der Waals surface area contributed by atoms with E-state index in [-0.39, 0.29) is 38.2 Å². The molecule has 10 nitrogen and oxygen atoms in total. The Bertz CT molecular complexity index is 1200. The van der Waals surface area contributed by atoms with E-state index in [1.54, 1.807) is 15.7 Å². The van der Waals surface area contributed by atoms with Crippen molar-refractivity contribution in [3.05, 3.63) is 36.9 Å². The molecular formula is C24H29N5O5S. The zero-order valence-corrected chi connectivity index (χ0v) is 20.4. The number of carboxylic acids is 1. The molecule has 5 atom stereocenters. The minimum absolute atomic E-state index is 0.120. The molecule has 3 aliphatic rings. The maximum atomic E-state index is 14.2. The lowest BCUT2D eigenvalue weighted by molar-refractivity contribution is -0.150. The average molecular weight is 500 g/mol. The van der Waals surface area contributed by atoms with Gasteiger partial charge in [0.05, 0.1) is 22.1 Å². The van der Waals surface area contributed by atoms with Crippen LogP contribution in [0.5, 0.6) is 0 Å². The first-order valence-corrected chi connectivity index (χ1v) is 12.6. The summed E-state index contributed by atoms with van der Waals surface area (Å²) in [6, 6.07) is 6.63. The number of carboxylic acid groups (broad SMARTS) is 1. The summed E-state index contributed by atoms with van der Waals surface area (Å²) in [5.74, 6) is -3.18. The van der Waals surface area contributed by atoms with Crippen LogP contribution >= 0.6 is 11.8 Å². The van der Waals surface area contributed by atoms with Gasteiger partial charge < -0.3 is 20.0 Å². The van der Waals surface area contributed by atoms with Crippen molar-refractivity contribution in [3.63, 3.8) is 0 Å². The van der Waals surface area contributed by atoms with Gasteiger partial charge >= 0.3 is 5.97 Å². The number of carbonyl (C=O) groups excluding carboxylic acids is 2. The number of rotatable bonds is 9. The van der Waals surface area contributed by atoms with Crippen molar-refractivity contribution in [1.29, 1.82) is 0 Å². The number of aliphatic carboxylic acids is 1. The maximum absolute atomic E-state index is 14.2. The number of aliphatic hydroxyl groups is 1. The Hall–Kier alpha value is -2.92. The summed E-state index contributed by atoms with van der Waals surface area (Å²) >= 11 is 1.50. The van der Waals surface area contributed by atoms with E-state index in [9.17, 15) is 24.6 Å². The van der Waals surface area contributed by atoms with Gasteiger partial charge in [-0.1, -0.05) is 23.4 Å². The smallest absolute Gasteiger partial charge is 0.308 e. The molecule has 1 spiro atoms. The van der Waals surface area contributed by atoms with Crippen molar-refractivity contribution < 1.29 is 24.6 Å². The van der Waals surface area contributed by atoms with Crippen LogP contribution in [0.1, 0.15) is 26.2 Å². The standard InChI is InChI=1S/C24H29N5O5S/c1-3-11-27(14-29-16-8-5-4-7-15(16)25-26-29)21(32)19-24-10-9-23(2,35-24)18(22(33)34)17(24)20(31)28(19)12-6-13-30/h3-5,7-8,17-19,30H,1,6,9-14H2,2H3,(H,33,34)/t17-,18+,19?,23-,24?/m0/s1. The second kappa shape index (κ2) is 8.63. The summed E-state index contributed by atoms with van der Waals surface area (Å²) in [4.78, 5) is 43.3. The van der Waals surface area contributed by atoms with Crippen molar-refractivity contribution in [2.24, 2.45) is 11.8 Å². The molecule has 1 aromatic heterocycles. The summed E-state index contributed by atoms with van der Waals surface area (Å²) in [5, 5.41) is 27.9. The fourth-order valence-corrected chi connectivity index (χ4v) is 8.64. The first-order chi connectivity index (χ1) is 16.8. The van der Waals surface area contributed by atoms with Gasteiger partial charge in [0.2, 0.25) is 11.8 Å². The van der Waals surface area contributed by atoms with Gasteiger partial charge in [0, 0.05) is 24.4 Å². The molecule has 5 rings (SSSR count). The number of aromatic nitrogens is 3. The monoisotopic (exact) mass is 499 g/mol. The summed E-state index contributed by atoms with van der Waals surface area (Å²) in [7, 11) is 0. The van der Waals surface area contributed by atoms with E-state index >= 15 is 0 Å². The fraction of sp³-hybridized carbons (Fsp3) is 0.542. The highest BCUT2D eigenvalue weighted by Gasteiger charge is 2.77. The quantitative estimate of drug-likeness (QED) is 0.495. The molecule has 4 heterocycles. The number of aliphatic hydroxyl groups excluding tert-OH is 1. The normalized spacial score (nSPS) is 31.2. The molecule has 1 aromatic carbocycles. The van der Waals surface area contributed by atoms with Crippen LogP contribution in [0.2, 0.25) is 0 Å². The number of fused-ring (bicyclic) bond motifs is 2. The van der Waals surface area contributed by atoms with Crippen LogP contribution in [-0.2, 0) is 21.1 Å². The van der Waals surface area contributed by atoms with Gasteiger partial charge in [-0.3, -0.25) is 14.4 Å². The number of para-hydroxylation sites is 1. The summed E-state index contributed by atoms with van der Waals surface area (Å²) in [6.07, 6.45) is 3.16. The zero-order chi connectivity index (χ0) is 25.0. The highest BCUT2D eigenvalue weighted by atomic mass is 32.2. The van der Waals surface area contributed by atoms with Crippen LogP contribution in [0.4, 0.5) is 0 Å². The molecule has 0 aliphatic carbocycles. The van der Waals surface area contributed by atoms with Crippen molar-refractivity contribution in [2.75, 3.05) is 19.7 Å². The Morgan fingerprint density at radius 3 is 2.83 bits per heavy atom. The maximum Gasteiger partial charge on any atom is 0.308 e. The Balaban J connectivity index is 1.54. The Kier molecular flexibility index (Phi) is 5.87. The molecule has 2 N–H and O–H groups in total. The molecule has 3 fully saturated rings. The van der Waals surface area contributed by atoms with E-state index in [0.717, 1.165) is 5.52 Å². The first kappa shape index (κ1) is 23.8. The molecule has 186 valence electrons. The molecule has 3 aliphatic heterocycles. The lowest BCUT2D eigenvalue weighted by atomic mass is 9.66. The molecule has 2 aromatic rings. The Labute approximate surface area is 206 Å². The molecule has 2 amide bonds. The van der Waals surface area contributed by atoms with E-state index in [4.69, 9.17) is 0 Å². The van der Waals surface area contributed by atoms with E-state index in [2.05, 4.69) is 16.9 Å². The third-order valence-corrected chi connectivity index (χ3v) is 9.71. The van der Waals surface area contributed by atoms with Crippen LogP contribution in [0.25, 0.3) is 11.0 Å². The number of benzene rings is 1. The van der Waals surface area contributed by atoms with E-state index in [1.165, 1.54) is 16.7 Å². The molecular weight excluding hydrogens is 470 g/mol. The predicted octanol–water partition coefficient (Wildman–Crippen LogP) is 1.35. The number of likely N-dealkylation sites (tertiary alicyclic amines) is 1. The molecule has 2 unspecified atom stereocenters. The van der Waals surface area contributed by atoms with E-state index in [1.807, 2.05) is 31.2 Å². The van der Waals surface area contributed by atoms with Crippen LogP contribution in [0.15, 0.2) is 36.9 Å². The van der Waals surface area contributed by atoms with Gasteiger partial charge in [0.25, 0.3) is 0 Å². The Morgan fingerprint density at radius 1 is 1.34 bits per heavy atom. The summed E-state index contributed by atoms with van der Waals surface area (Å²) in [6.45, 7) is 6.13. The van der Waals surface area contributed by atoms with Gasteiger partial charge in [-0.25, -0.2) is 4.68 Å². The van der Waals surface area contributed by atoms with Crippen LogP contribution in [0, 0.1) is 11.8 Å². The molecule has 2 bridgehead atoms. The molecule has 3 saturated heterocycles. The average Bonchev–Trinajstić information content (AvgIpc) is 3.53. The van der Waals surface area contributed by atoms with Crippen LogP contribution in [0.3, 0.4) is 0 Å². The fourth-order valence-electron chi connectivity index (χ4n) is 6.29. The van der Waals surface area contributed by atoms with Crippen molar-refractivity contribution in [1.82, 2.24) is 24.8 Å². The SMILES string of the molecule is C=CCN(Cn1nnc2ccccc21)C(=O)C1N(CCCO)C(=O)[C@@H]2[C@H](C(=O)O)[C@]3(C)CCC12S3. The Morgan fingerprint density at radius 2 is 2.11 bits per heavy atom. The molecule has 35 heavy (non-hydrogen) atoms. The minimum atomic E-state index is -0.993. The molecule has 11 heteroatoms. The second-order valence-electron chi connectivity index (χ2n) is 9.74. The van der Waals surface area contributed by atoms with Crippen molar-refractivity contribution in [3.8, 4) is 0 Å². The number of nitrogens with zero attached hydrogens (tertiary/aromatic N) is 5. The van der Waals surface area contributed by atoms with Gasteiger partial charge in [0.1, 0.15) is 18.2 Å². The van der Waals surface area contributed by atoms with E-state index < -0.39 is 33.3 Å². The number of hydrogen-bond acceptors (Lipinski definition) is 7. The highest BCUT2D eigenvalue weighted by molar-refractivity contribution is 8.02. The lowest BCUT2D eigenvalue weighted by Crippen LogP contribution is -2.55.